The second kappa shape index (κ2) is 28.4. The first kappa shape index (κ1) is 34.9. The topological polar surface area (TPSA) is 71.1 Å². The second-order valence-corrected chi connectivity index (χ2v) is 10.2. The molecule has 0 aromatic rings. The number of carbonyl (C=O) groups is 2. The maximum absolute atomic E-state index is 12.0. The fraction of sp³-hybridized carbons (Fsp3) is 0.933. The molecule has 0 aromatic carbocycles. The van der Waals surface area contributed by atoms with E-state index >= 15 is 0 Å². The molecule has 0 saturated heterocycles. The summed E-state index contributed by atoms with van der Waals surface area (Å²) in [4.78, 5) is 44.3. The van der Waals surface area contributed by atoms with Gasteiger partial charge in [-0.2, -0.15) is 0 Å². The van der Waals surface area contributed by atoms with Crippen molar-refractivity contribution in [1.82, 2.24) is 0 Å². The molecule has 36 heavy (non-hydrogen) atoms. The normalized spacial score (nSPS) is 11.2. The van der Waals surface area contributed by atoms with Crippen molar-refractivity contribution in [2.75, 3.05) is 0 Å². The van der Waals surface area contributed by atoms with Gasteiger partial charge in [0.1, 0.15) is 0 Å². The Hall–Kier alpha value is -1.14. The van der Waals surface area contributed by atoms with Crippen LogP contribution in [-0.2, 0) is 29.1 Å². The number of hydrogen-bond acceptors (Lipinski definition) is 6. The van der Waals surface area contributed by atoms with Crippen molar-refractivity contribution in [2.24, 2.45) is 0 Å². The average Bonchev–Trinajstić information content (AvgIpc) is 2.88. The Labute approximate surface area is 222 Å². The van der Waals surface area contributed by atoms with Crippen molar-refractivity contribution >= 4 is 11.9 Å². The third-order valence-corrected chi connectivity index (χ3v) is 6.51. The summed E-state index contributed by atoms with van der Waals surface area (Å²) in [6.07, 6.45) is 24.6. The summed E-state index contributed by atoms with van der Waals surface area (Å²) in [6, 6.07) is 0. The van der Waals surface area contributed by atoms with Crippen molar-refractivity contribution in [1.29, 1.82) is 0 Å². The maximum Gasteiger partial charge on any atom is 0.342 e. The van der Waals surface area contributed by atoms with E-state index < -0.39 is 18.2 Å². The summed E-state index contributed by atoms with van der Waals surface area (Å²) in [6.45, 7) is 6.57. The van der Waals surface area contributed by atoms with E-state index in [0.29, 0.717) is 19.3 Å². The lowest BCUT2D eigenvalue weighted by Gasteiger charge is -2.15. The highest BCUT2D eigenvalue weighted by Crippen LogP contribution is 2.14. The first-order valence-electron chi connectivity index (χ1n) is 15.4. The number of rotatable bonds is 28. The van der Waals surface area contributed by atoms with E-state index in [1.54, 1.807) is 0 Å². The molecule has 0 unspecified atom stereocenters. The van der Waals surface area contributed by atoms with E-state index in [1.807, 2.05) is 0 Å². The van der Waals surface area contributed by atoms with Gasteiger partial charge < -0.3 is 0 Å². The molecule has 0 aliphatic carbocycles. The SMILES string of the molecule is CCCCCCCCCCCC(=O)OOC(CCCCC)OOC(=O)CCCCCCCCCCC. The van der Waals surface area contributed by atoms with E-state index in [1.165, 1.54) is 77.0 Å². The van der Waals surface area contributed by atoms with E-state index in [9.17, 15) is 9.59 Å². The van der Waals surface area contributed by atoms with Crippen molar-refractivity contribution < 1.29 is 29.1 Å². The van der Waals surface area contributed by atoms with Crippen molar-refractivity contribution in [3.63, 3.8) is 0 Å². The zero-order chi connectivity index (χ0) is 26.5. The van der Waals surface area contributed by atoms with Gasteiger partial charge in [-0.1, -0.05) is 136 Å². The lowest BCUT2D eigenvalue weighted by molar-refractivity contribution is -0.431. The van der Waals surface area contributed by atoms with Crippen molar-refractivity contribution in [2.45, 2.75) is 181 Å². The molecule has 0 bridgehead atoms. The minimum absolute atomic E-state index is 0.329. The Morgan fingerprint density at radius 1 is 0.444 bits per heavy atom. The van der Waals surface area contributed by atoms with Crippen LogP contribution in [0.1, 0.15) is 175 Å². The predicted octanol–water partition coefficient (Wildman–Crippen LogP) is 9.68. The Morgan fingerprint density at radius 2 is 0.750 bits per heavy atom. The maximum atomic E-state index is 12.0. The standard InChI is InChI=1S/C30H58O6/c1-4-7-10-12-14-16-18-20-23-25-28(31)33-35-30(27-22-9-6-3)36-34-29(32)26-24-21-19-17-15-13-11-8-5-2/h30H,4-27H2,1-3H3. The minimum Gasteiger partial charge on any atom is -0.296 e. The van der Waals surface area contributed by atoms with Crippen LogP contribution in [0.4, 0.5) is 0 Å². The van der Waals surface area contributed by atoms with Gasteiger partial charge >= 0.3 is 11.9 Å². The second-order valence-electron chi connectivity index (χ2n) is 10.2. The fourth-order valence-electron chi connectivity index (χ4n) is 4.13. The van der Waals surface area contributed by atoms with Gasteiger partial charge in [0.05, 0.1) is 0 Å². The van der Waals surface area contributed by atoms with Crippen LogP contribution in [0.3, 0.4) is 0 Å². The Kier molecular flexibility index (Phi) is 27.5. The molecule has 0 atom stereocenters. The molecule has 0 saturated carbocycles. The van der Waals surface area contributed by atoms with Crippen LogP contribution in [0.25, 0.3) is 0 Å². The summed E-state index contributed by atoms with van der Waals surface area (Å²) >= 11 is 0. The first-order chi connectivity index (χ1) is 17.6. The van der Waals surface area contributed by atoms with Crippen LogP contribution in [0.15, 0.2) is 0 Å². The molecule has 0 N–H and O–H groups in total. The molecule has 0 radical (unpaired) electrons. The Morgan fingerprint density at radius 3 is 1.11 bits per heavy atom. The van der Waals surface area contributed by atoms with Crippen LogP contribution >= 0.6 is 0 Å². The highest BCUT2D eigenvalue weighted by molar-refractivity contribution is 5.68. The predicted molar refractivity (Wildman–Crippen MR) is 146 cm³/mol. The van der Waals surface area contributed by atoms with Gasteiger partial charge in [-0.25, -0.2) is 9.59 Å². The van der Waals surface area contributed by atoms with Gasteiger partial charge in [0, 0.05) is 19.3 Å². The molecule has 214 valence electrons. The quantitative estimate of drug-likeness (QED) is 0.0448. The molecule has 6 heteroatoms. The summed E-state index contributed by atoms with van der Waals surface area (Å²) in [7, 11) is 0. The smallest absolute Gasteiger partial charge is 0.296 e. The highest BCUT2D eigenvalue weighted by Gasteiger charge is 2.17. The van der Waals surface area contributed by atoms with Crippen LogP contribution < -0.4 is 0 Å². The van der Waals surface area contributed by atoms with Crippen LogP contribution in [0.2, 0.25) is 0 Å². The number of hydrogen-bond donors (Lipinski definition) is 0. The fourth-order valence-corrected chi connectivity index (χ4v) is 4.13. The van der Waals surface area contributed by atoms with Crippen LogP contribution in [0.5, 0.6) is 0 Å². The summed E-state index contributed by atoms with van der Waals surface area (Å²) in [5, 5.41) is 0. The van der Waals surface area contributed by atoms with Gasteiger partial charge in [0.15, 0.2) is 0 Å². The van der Waals surface area contributed by atoms with Crippen molar-refractivity contribution in [3.05, 3.63) is 0 Å². The molecule has 0 spiro atoms. The van der Waals surface area contributed by atoms with E-state index in [2.05, 4.69) is 20.8 Å². The van der Waals surface area contributed by atoms with E-state index in [0.717, 1.165) is 57.8 Å². The van der Waals surface area contributed by atoms with Crippen LogP contribution in [0, 0.1) is 0 Å². The highest BCUT2D eigenvalue weighted by atomic mass is 17.3. The monoisotopic (exact) mass is 514 g/mol. The first-order valence-corrected chi connectivity index (χ1v) is 15.4. The minimum atomic E-state index is -0.879. The molecule has 0 aliphatic heterocycles. The third kappa shape index (κ3) is 25.9. The van der Waals surface area contributed by atoms with Gasteiger partial charge in [-0.3, -0.25) is 9.78 Å². The van der Waals surface area contributed by atoms with Gasteiger partial charge in [0.2, 0.25) is 6.29 Å². The molecule has 0 amide bonds. The lowest BCUT2D eigenvalue weighted by Crippen LogP contribution is -2.22. The number of unbranched alkanes of at least 4 members (excludes halogenated alkanes) is 18. The van der Waals surface area contributed by atoms with Crippen molar-refractivity contribution in [3.8, 4) is 0 Å². The third-order valence-electron chi connectivity index (χ3n) is 6.51. The average molecular weight is 515 g/mol. The zero-order valence-corrected chi connectivity index (χ0v) is 24.0. The van der Waals surface area contributed by atoms with Crippen LogP contribution in [-0.4, -0.2) is 18.2 Å². The lowest BCUT2D eigenvalue weighted by atomic mass is 10.1. The summed E-state index contributed by atoms with van der Waals surface area (Å²) in [5.41, 5.74) is 0. The van der Waals surface area contributed by atoms with E-state index in [-0.39, 0.29) is 0 Å². The summed E-state index contributed by atoms with van der Waals surface area (Å²) in [5.74, 6) is -0.800. The van der Waals surface area contributed by atoms with Gasteiger partial charge in [-0.15, -0.1) is 9.78 Å². The number of carbonyl (C=O) groups excluding carboxylic acids is 2. The molecule has 0 heterocycles. The molecule has 0 aromatic heterocycles. The largest absolute Gasteiger partial charge is 0.342 e. The molecule has 0 aliphatic rings. The molecule has 6 nitrogen and oxygen atoms in total. The zero-order valence-electron chi connectivity index (χ0n) is 24.0. The molecule has 0 rings (SSSR count). The van der Waals surface area contributed by atoms with Gasteiger partial charge in [-0.05, 0) is 19.3 Å². The Bertz CT molecular complexity index is 444. The summed E-state index contributed by atoms with van der Waals surface area (Å²) < 4.78 is 0. The molecular weight excluding hydrogens is 456 g/mol. The molecular formula is C30H58O6. The van der Waals surface area contributed by atoms with Gasteiger partial charge in [0.25, 0.3) is 0 Å². The molecule has 0 fully saturated rings. The Balaban J connectivity index is 3.91. The van der Waals surface area contributed by atoms with E-state index in [4.69, 9.17) is 19.6 Å².